The molecule has 2 nitrogen and oxygen atoms in total. The minimum absolute atomic E-state index is 0.664. The molecule has 1 N–H and O–H groups in total. The van der Waals surface area contributed by atoms with Crippen LogP contribution in [0, 0.1) is 0 Å². The van der Waals surface area contributed by atoms with Crippen LogP contribution in [-0.4, -0.2) is 24.0 Å². The summed E-state index contributed by atoms with van der Waals surface area (Å²) in [6.45, 7) is 10.1. The average molecular weight is 232 g/mol. The van der Waals surface area contributed by atoms with Crippen molar-refractivity contribution in [1.29, 1.82) is 0 Å². The molecule has 1 aromatic carbocycles. The molecule has 1 atom stereocenters. The molecule has 0 amide bonds. The van der Waals surface area contributed by atoms with Crippen molar-refractivity contribution in [2.75, 3.05) is 18.4 Å². The van der Waals surface area contributed by atoms with E-state index in [1.54, 1.807) is 0 Å². The van der Waals surface area contributed by atoms with Crippen LogP contribution in [0.25, 0.3) is 0 Å². The first-order valence-corrected chi connectivity index (χ1v) is 6.85. The van der Waals surface area contributed by atoms with Gasteiger partial charge in [-0.3, -0.25) is 4.90 Å². The van der Waals surface area contributed by atoms with Crippen LogP contribution in [0.2, 0.25) is 0 Å². The van der Waals surface area contributed by atoms with Crippen LogP contribution in [0.1, 0.15) is 38.3 Å². The van der Waals surface area contributed by atoms with E-state index >= 15 is 0 Å². The topological polar surface area (TPSA) is 15.3 Å². The Morgan fingerprint density at radius 1 is 1.35 bits per heavy atom. The predicted molar refractivity (Wildman–Crippen MR) is 74.5 cm³/mol. The van der Waals surface area contributed by atoms with E-state index in [4.69, 9.17) is 0 Å². The van der Waals surface area contributed by atoms with E-state index in [2.05, 4.69) is 49.2 Å². The molecule has 0 saturated carbocycles. The van der Waals surface area contributed by atoms with Crippen molar-refractivity contribution in [2.45, 2.75) is 46.2 Å². The van der Waals surface area contributed by atoms with Gasteiger partial charge in [0.1, 0.15) is 0 Å². The largest absolute Gasteiger partial charge is 0.384 e. The number of fused-ring (bicyclic) bond motifs is 1. The van der Waals surface area contributed by atoms with E-state index < -0.39 is 0 Å². The zero-order valence-corrected chi connectivity index (χ0v) is 11.3. The van der Waals surface area contributed by atoms with Gasteiger partial charge in [-0.25, -0.2) is 0 Å². The fraction of sp³-hybridized carbons (Fsp3) is 0.600. The Bertz CT molecular complexity index is 373. The lowest BCUT2D eigenvalue weighted by molar-refractivity contribution is 0.206. The monoisotopic (exact) mass is 232 g/mol. The second kappa shape index (κ2) is 5.54. The zero-order valence-electron chi connectivity index (χ0n) is 11.3. The molecule has 0 aliphatic carbocycles. The fourth-order valence-corrected chi connectivity index (χ4v) is 2.60. The number of nitrogens with one attached hydrogen (secondary N) is 1. The third-order valence-electron chi connectivity index (χ3n) is 3.93. The van der Waals surface area contributed by atoms with Crippen molar-refractivity contribution < 1.29 is 0 Å². The molecule has 1 unspecified atom stereocenters. The van der Waals surface area contributed by atoms with E-state index in [1.807, 2.05) is 0 Å². The fourth-order valence-electron chi connectivity index (χ4n) is 2.60. The summed E-state index contributed by atoms with van der Waals surface area (Å²) in [6, 6.07) is 7.38. The van der Waals surface area contributed by atoms with E-state index in [0.29, 0.717) is 6.04 Å². The molecule has 0 saturated heterocycles. The number of benzene rings is 1. The Balaban J connectivity index is 2.15. The molecular formula is C15H24N2. The molecule has 94 valence electrons. The highest BCUT2D eigenvalue weighted by Crippen LogP contribution is 2.27. The smallest absolute Gasteiger partial charge is 0.0419 e. The lowest BCUT2D eigenvalue weighted by Gasteiger charge is -2.27. The maximum absolute atomic E-state index is 3.53. The number of rotatable bonds is 5. The van der Waals surface area contributed by atoms with Crippen molar-refractivity contribution in [3.8, 4) is 0 Å². The van der Waals surface area contributed by atoms with Crippen molar-refractivity contribution in [3.63, 3.8) is 0 Å². The van der Waals surface area contributed by atoms with Gasteiger partial charge in [-0.15, -0.1) is 0 Å². The minimum atomic E-state index is 0.664. The third-order valence-corrected chi connectivity index (χ3v) is 3.93. The van der Waals surface area contributed by atoms with Crippen LogP contribution in [0.15, 0.2) is 18.2 Å². The summed E-state index contributed by atoms with van der Waals surface area (Å²) in [7, 11) is 0. The number of para-hydroxylation sites is 1. The molecule has 2 rings (SSSR count). The molecule has 0 fully saturated rings. The van der Waals surface area contributed by atoms with Gasteiger partial charge in [0.05, 0.1) is 0 Å². The lowest BCUT2D eigenvalue weighted by Crippen LogP contribution is -2.32. The van der Waals surface area contributed by atoms with Gasteiger partial charge >= 0.3 is 0 Å². The van der Waals surface area contributed by atoms with E-state index in [0.717, 1.165) is 19.6 Å². The van der Waals surface area contributed by atoms with Gasteiger partial charge in [0.15, 0.2) is 0 Å². The van der Waals surface area contributed by atoms with E-state index in [-0.39, 0.29) is 0 Å². The Kier molecular flexibility index (Phi) is 4.06. The highest BCUT2D eigenvalue weighted by Gasteiger charge is 2.17. The Labute approximate surface area is 105 Å². The van der Waals surface area contributed by atoms with Gasteiger partial charge in [-0.05, 0) is 37.4 Å². The quantitative estimate of drug-likeness (QED) is 0.838. The molecule has 1 aromatic rings. The normalized spacial score (nSPS) is 15.8. The van der Waals surface area contributed by atoms with Crippen molar-refractivity contribution >= 4 is 5.69 Å². The highest BCUT2D eigenvalue weighted by molar-refractivity contribution is 5.61. The van der Waals surface area contributed by atoms with Gasteiger partial charge in [-0.1, -0.05) is 32.0 Å². The first-order chi connectivity index (χ1) is 8.26. The molecule has 1 heterocycles. The van der Waals surface area contributed by atoms with Crippen LogP contribution in [-0.2, 0) is 13.0 Å². The first-order valence-electron chi connectivity index (χ1n) is 6.85. The summed E-state index contributed by atoms with van der Waals surface area (Å²) in [4.78, 5) is 2.55. The van der Waals surface area contributed by atoms with Gasteiger partial charge in [0.25, 0.3) is 0 Å². The molecule has 0 aromatic heterocycles. The Hall–Kier alpha value is -1.02. The lowest BCUT2D eigenvalue weighted by atomic mass is 10.1. The van der Waals surface area contributed by atoms with E-state index in [1.165, 1.54) is 29.7 Å². The third kappa shape index (κ3) is 2.63. The standard InChI is InChI=1S/C15H24N2/c1-4-12(3)17(5-2)11-14-8-6-7-13-9-10-16-15(13)14/h6-8,12,16H,4-5,9-11H2,1-3H3. The summed E-state index contributed by atoms with van der Waals surface area (Å²) in [5, 5.41) is 3.53. The maximum atomic E-state index is 3.53. The van der Waals surface area contributed by atoms with E-state index in [9.17, 15) is 0 Å². The SMILES string of the molecule is CCC(C)N(CC)Cc1cccc2c1NCC2. The number of hydrogen-bond acceptors (Lipinski definition) is 2. The molecule has 2 heteroatoms. The van der Waals surface area contributed by atoms with Crippen molar-refractivity contribution in [1.82, 2.24) is 4.90 Å². The molecule has 1 aliphatic rings. The molecular weight excluding hydrogens is 208 g/mol. The van der Waals surface area contributed by atoms with Crippen LogP contribution >= 0.6 is 0 Å². The summed E-state index contributed by atoms with van der Waals surface area (Å²) in [6.07, 6.45) is 2.40. The van der Waals surface area contributed by atoms with Crippen molar-refractivity contribution in [2.24, 2.45) is 0 Å². The Morgan fingerprint density at radius 2 is 2.18 bits per heavy atom. The summed E-state index contributed by atoms with van der Waals surface area (Å²) < 4.78 is 0. The van der Waals surface area contributed by atoms with Crippen molar-refractivity contribution in [3.05, 3.63) is 29.3 Å². The zero-order chi connectivity index (χ0) is 12.3. The number of hydrogen-bond donors (Lipinski definition) is 1. The molecule has 0 spiro atoms. The van der Waals surface area contributed by atoms with Crippen LogP contribution in [0.3, 0.4) is 0 Å². The second-order valence-electron chi connectivity index (χ2n) is 4.95. The summed E-state index contributed by atoms with van der Waals surface area (Å²) in [5.74, 6) is 0. The van der Waals surface area contributed by atoms with Gasteiger partial charge < -0.3 is 5.32 Å². The van der Waals surface area contributed by atoms with Gasteiger partial charge in [0, 0.05) is 24.8 Å². The maximum Gasteiger partial charge on any atom is 0.0419 e. The molecule has 0 radical (unpaired) electrons. The molecule has 0 bridgehead atoms. The van der Waals surface area contributed by atoms with Crippen LogP contribution in [0.5, 0.6) is 0 Å². The highest BCUT2D eigenvalue weighted by atomic mass is 15.1. The summed E-state index contributed by atoms with van der Waals surface area (Å²) >= 11 is 0. The van der Waals surface area contributed by atoms with Gasteiger partial charge in [-0.2, -0.15) is 0 Å². The van der Waals surface area contributed by atoms with Crippen LogP contribution in [0.4, 0.5) is 5.69 Å². The molecule has 1 aliphatic heterocycles. The first kappa shape index (κ1) is 12.4. The van der Waals surface area contributed by atoms with Gasteiger partial charge in [0.2, 0.25) is 0 Å². The van der Waals surface area contributed by atoms with Crippen LogP contribution < -0.4 is 5.32 Å². The summed E-state index contributed by atoms with van der Waals surface area (Å²) in [5.41, 5.74) is 4.35. The average Bonchev–Trinajstić information content (AvgIpc) is 2.83. The molecule has 17 heavy (non-hydrogen) atoms. The minimum Gasteiger partial charge on any atom is -0.384 e. The second-order valence-corrected chi connectivity index (χ2v) is 4.95. The number of anilines is 1. The Morgan fingerprint density at radius 3 is 2.88 bits per heavy atom. The number of nitrogens with zero attached hydrogens (tertiary/aromatic N) is 1. The predicted octanol–water partition coefficient (Wildman–Crippen LogP) is 3.28.